The van der Waals surface area contributed by atoms with Gasteiger partial charge in [0, 0.05) is 13.6 Å². The van der Waals surface area contributed by atoms with Gasteiger partial charge in [0.2, 0.25) is 0 Å². The van der Waals surface area contributed by atoms with Crippen LogP contribution in [-0.2, 0) is 4.74 Å². The maximum Gasteiger partial charge on any atom is 0.410 e. The van der Waals surface area contributed by atoms with Crippen molar-refractivity contribution < 1.29 is 9.53 Å². The zero-order valence-corrected chi connectivity index (χ0v) is 8.29. The molecule has 0 aromatic carbocycles. The summed E-state index contributed by atoms with van der Waals surface area (Å²) in [6, 6.07) is 0. The van der Waals surface area contributed by atoms with Crippen LogP contribution in [0.3, 0.4) is 0 Å². The lowest BCUT2D eigenvalue weighted by atomic mass is 10.2. The van der Waals surface area contributed by atoms with Crippen molar-refractivity contribution in [3.8, 4) is 0 Å². The number of nitrogens with zero attached hydrogens (tertiary/aromatic N) is 1. The SMILES string of the molecule is [CH2]N(CCCCC)C(=O)OCC=C. The van der Waals surface area contributed by atoms with Crippen molar-refractivity contribution >= 4 is 6.09 Å². The summed E-state index contributed by atoms with van der Waals surface area (Å²) < 4.78 is 4.79. The monoisotopic (exact) mass is 184 g/mol. The van der Waals surface area contributed by atoms with Crippen LogP contribution in [0, 0.1) is 7.05 Å². The molecule has 0 aromatic heterocycles. The summed E-state index contributed by atoms with van der Waals surface area (Å²) in [5, 5.41) is 0. The van der Waals surface area contributed by atoms with Crippen LogP contribution in [0.25, 0.3) is 0 Å². The maximum atomic E-state index is 11.1. The third-order valence-electron chi connectivity index (χ3n) is 1.61. The number of unbranched alkanes of at least 4 members (excludes halogenated alkanes) is 2. The van der Waals surface area contributed by atoms with Crippen molar-refractivity contribution in [2.75, 3.05) is 13.2 Å². The molecule has 0 aliphatic carbocycles. The molecule has 0 spiro atoms. The summed E-state index contributed by atoms with van der Waals surface area (Å²) in [5.74, 6) is 0. The van der Waals surface area contributed by atoms with E-state index >= 15 is 0 Å². The summed E-state index contributed by atoms with van der Waals surface area (Å²) >= 11 is 0. The van der Waals surface area contributed by atoms with Crippen LogP contribution < -0.4 is 0 Å². The Hall–Kier alpha value is -0.990. The Balaban J connectivity index is 3.50. The molecule has 3 nitrogen and oxygen atoms in total. The van der Waals surface area contributed by atoms with Crippen LogP contribution in [0.15, 0.2) is 12.7 Å². The summed E-state index contributed by atoms with van der Waals surface area (Å²) in [4.78, 5) is 12.4. The molecule has 0 rings (SSSR count). The van der Waals surface area contributed by atoms with Crippen LogP contribution in [-0.4, -0.2) is 24.1 Å². The van der Waals surface area contributed by atoms with Crippen molar-refractivity contribution in [3.63, 3.8) is 0 Å². The first kappa shape index (κ1) is 12.0. The molecular formula is C10H18NO2. The van der Waals surface area contributed by atoms with Crippen molar-refractivity contribution in [2.45, 2.75) is 26.2 Å². The molecule has 75 valence electrons. The maximum absolute atomic E-state index is 11.1. The summed E-state index contributed by atoms with van der Waals surface area (Å²) in [7, 11) is 3.59. The van der Waals surface area contributed by atoms with Crippen LogP contribution in [0.2, 0.25) is 0 Å². The van der Waals surface area contributed by atoms with Gasteiger partial charge in [0.25, 0.3) is 0 Å². The van der Waals surface area contributed by atoms with Gasteiger partial charge in [-0.05, 0) is 6.42 Å². The number of carbonyl (C=O) groups is 1. The van der Waals surface area contributed by atoms with E-state index in [1.165, 1.54) is 11.0 Å². The summed E-state index contributed by atoms with van der Waals surface area (Å²) in [5.41, 5.74) is 0. The van der Waals surface area contributed by atoms with Crippen molar-refractivity contribution in [1.29, 1.82) is 0 Å². The molecule has 0 bridgehead atoms. The second kappa shape index (κ2) is 7.65. The fourth-order valence-corrected chi connectivity index (χ4v) is 0.865. The molecular weight excluding hydrogens is 166 g/mol. The molecule has 0 heterocycles. The summed E-state index contributed by atoms with van der Waals surface area (Å²) in [6.45, 7) is 6.47. The highest BCUT2D eigenvalue weighted by Crippen LogP contribution is 1.99. The average Bonchev–Trinajstić information content (AvgIpc) is 2.14. The highest BCUT2D eigenvalue weighted by atomic mass is 16.6. The first-order valence-electron chi connectivity index (χ1n) is 4.58. The first-order chi connectivity index (χ1) is 6.22. The van der Waals surface area contributed by atoms with Crippen LogP contribution >= 0.6 is 0 Å². The lowest BCUT2D eigenvalue weighted by Crippen LogP contribution is -2.26. The Kier molecular flexibility index (Phi) is 7.07. The Morgan fingerprint density at radius 3 is 2.77 bits per heavy atom. The molecule has 0 aliphatic rings. The second-order valence-electron chi connectivity index (χ2n) is 2.84. The predicted molar refractivity (Wildman–Crippen MR) is 53.1 cm³/mol. The molecule has 0 aromatic rings. The largest absolute Gasteiger partial charge is 0.445 e. The van der Waals surface area contributed by atoms with Gasteiger partial charge in [0.05, 0.1) is 0 Å². The van der Waals surface area contributed by atoms with Crippen molar-refractivity contribution in [3.05, 3.63) is 19.7 Å². The molecule has 0 unspecified atom stereocenters. The minimum Gasteiger partial charge on any atom is -0.445 e. The van der Waals surface area contributed by atoms with E-state index in [0.29, 0.717) is 6.54 Å². The van der Waals surface area contributed by atoms with Gasteiger partial charge in [0.1, 0.15) is 6.61 Å². The number of carbonyl (C=O) groups excluding carboxylic acids is 1. The molecule has 0 saturated heterocycles. The van der Waals surface area contributed by atoms with Crippen LogP contribution in [0.5, 0.6) is 0 Å². The van der Waals surface area contributed by atoms with Gasteiger partial charge < -0.3 is 9.64 Å². The molecule has 0 atom stereocenters. The van der Waals surface area contributed by atoms with E-state index in [1.54, 1.807) is 0 Å². The molecule has 0 fully saturated rings. The number of hydrogen-bond donors (Lipinski definition) is 0. The lowest BCUT2D eigenvalue weighted by Gasteiger charge is -2.15. The van der Waals surface area contributed by atoms with E-state index in [4.69, 9.17) is 4.74 Å². The van der Waals surface area contributed by atoms with E-state index in [9.17, 15) is 4.79 Å². The van der Waals surface area contributed by atoms with Gasteiger partial charge in [-0.15, -0.1) is 0 Å². The van der Waals surface area contributed by atoms with E-state index in [2.05, 4.69) is 20.6 Å². The number of ether oxygens (including phenoxy) is 1. The molecule has 3 heteroatoms. The average molecular weight is 184 g/mol. The second-order valence-corrected chi connectivity index (χ2v) is 2.84. The fraction of sp³-hybridized carbons (Fsp3) is 0.600. The Morgan fingerprint density at radius 1 is 1.54 bits per heavy atom. The van der Waals surface area contributed by atoms with E-state index in [-0.39, 0.29) is 12.7 Å². The Bertz CT molecular complexity index is 157. The molecule has 0 saturated carbocycles. The Morgan fingerprint density at radius 2 is 2.23 bits per heavy atom. The van der Waals surface area contributed by atoms with E-state index in [1.807, 2.05) is 0 Å². The molecule has 0 aliphatic heterocycles. The molecule has 13 heavy (non-hydrogen) atoms. The minimum absolute atomic E-state index is 0.249. The quantitative estimate of drug-likeness (QED) is 0.469. The molecule has 1 radical (unpaired) electrons. The minimum atomic E-state index is -0.379. The number of rotatable bonds is 6. The fourth-order valence-electron chi connectivity index (χ4n) is 0.865. The predicted octanol–water partition coefficient (Wildman–Crippen LogP) is 2.59. The van der Waals surface area contributed by atoms with E-state index < -0.39 is 0 Å². The Labute approximate surface area is 80.4 Å². The summed E-state index contributed by atoms with van der Waals surface area (Å²) in [6.07, 6.45) is 4.38. The van der Waals surface area contributed by atoms with Gasteiger partial charge in [-0.2, -0.15) is 0 Å². The van der Waals surface area contributed by atoms with Crippen LogP contribution in [0.1, 0.15) is 26.2 Å². The lowest BCUT2D eigenvalue weighted by molar-refractivity contribution is 0.126. The first-order valence-corrected chi connectivity index (χ1v) is 4.58. The van der Waals surface area contributed by atoms with Crippen molar-refractivity contribution in [1.82, 2.24) is 4.90 Å². The van der Waals surface area contributed by atoms with Gasteiger partial charge in [-0.3, -0.25) is 0 Å². The topological polar surface area (TPSA) is 29.5 Å². The smallest absolute Gasteiger partial charge is 0.410 e. The third kappa shape index (κ3) is 6.20. The van der Waals surface area contributed by atoms with Gasteiger partial charge >= 0.3 is 6.09 Å². The molecule has 0 N–H and O–H groups in total. The van der Waals surface area contributed by atoms with Crippen LogP contribution in [0.4, 0.5) is 4.79 Å². The highest BCUT2D eigenvalue weighted by Gasteiger charge is 2.07. The zero-order chi connectivity index (χ0) is 10.1. The standard InChI is InChI=1S/C10H18NO2/c1-4-6-7-8-11(3)10(12)13-9-5-2/h5H,2-4,6-9H2,1H3. The van der Waals surface area contributed by atoms with Gasteiger partial charge in [-0.25, -0.2) is 4.79 Å². The third-order valence-corrected chi connectivity index (χ3v) is 1.61. The number of hydrogen-bond acceptors (Lipinski definition) is 2. The number of amides is 1. The van der Waals surface area contributed by atoms with Crippen molar-refractivity contribution in [2.24, 2.45) is 0 Å². The van der Waals surface area contributed by atoms with E-state index in [0.717, 1.165) is 19.3 Å². The van der Waals surface area contributed by atoms with Gasteiger partial charge in [-0.1, -0.05) is 32.4 Å². The molecule has 1 amide bonds. The highest BCUT2D eigenvalue weighted by molar-refractivity contribution is 5.67. The zero-order valence-electron chi connectivity index (χ0n) is 8.29. The normalized spacial score (nSPS) is 9.38. The van der Waals surface area contributed by atoms with Gasteiger partial charge in [0.15, 0.2) is 0 Å².